The van der Waals surface area contributed by atoms with E-state index in [-0.39, 0.29) is 0 Å². The molecule has 0 fully saturated rings. The first-order valence-electron chi connectivity index (χ1n) is 6.06. The molecule has 0 aliphatic carbocycles. The van der Waals surface area contributed by atoms with Crippen molar-refractivity contribution >= 4 is 11.3 Å². The first-order valence-corrected chi connectivity index (χ1v) is 6.94. The van der Waals surface area contributed by atoms with Crippen LogP contribution in [0.2, 0.25) is 0 Å². The molecule has 0 radical (unpaired) electrons. The molecule has 2 aromatic rings. The zero-order valence-electron chi connectivity index (χ0n) is 10.7. The average molecular weight is 262 g/mol. The lowest BCUT2D eigenvalue weighted by atomic mass is 10.3. The van der Waals surface area contributed by atoms with E-state index < -0.39 is 0 Å². The second kappa shape index (κ2) is 6.52. The summed E-state index contributed by atoms with van der Waals surface area (Å²) in [5.41, 5.74) is 1.10. The standard InChI is InChI=1S/C14H18N2OS/c1-11(9-17-14-6-4-3-5-7-14)15-8-13-10-18-12(2)16-13/h3-7,10-11,15H,8-9H2,1-2H3. The summed E-state index contributed by atoms with van der Waals surface area (Å²) in [6, 6.07) is 10.2. The molecule has 96 valence electrons. The maximum atomic E-state index is 5.68. The Hall–Kier alpha value is -1.39. The lowest BCUT2D eigenvalue weighted by Crippen LogP contribution is -2.31. The number of thiazole rings is 1. The van der Waals surface area contributed by atoms with Gasteiger partial charge in [0.05, 0.1) is 10.7 Å². The van der Waals surface area contributed by atoms with Crippen LogP contribution in [0.3, 0.4) is 0 Å². The smallest absolute Gasteiger partial charge is 0.119 e. The molecular formula is C14H18N2OS. The van der Waals surface area contributed by atoms with Crippen LogP contribution in [0.1, 0.15) is 17.6 Å². The lowest BCUT2D eigenvalue weighted by Gasteiger charge is -2.14. The number of para-hydroxylation sites is 1. The molecule has 0 bridgehead atoms. The largest absolute Gasteiger partial charge is 0.492 e. The third kappa shape index (κ3) is 4.13. The normalized spacial score (nSPS) is 12.3. The van der Waals surface area contributed by atoms with Gasteiger partial charge in [-0.25, -0.2) is 4.98 Å². The highest BCUT2D eigenvalue weighted by molar-refractivity contribution is 7.09. The van der Waals surface area contributed by atoms with Gasteiger partial charge in [0.1, 0.15) is 12.4 Å². The Bertz CT molecular complexity index is 470. The minimum absolute atomic E-state index is 0.298. The van der Waals surface area contributed by atoms with Crippen molar-refractivity contribution in [3.63, 3.8) is 0 Å². The number of rotatable bonds is 6. The number of nitrogens with one attached hydrogen (secondary N) is 1. The van der Waals surface area contributed by atoms with Gasteiger partial charge >= 0.3 is 0 Å². The molecule has 18 heavy (non-hydrogen) atoms. The number of benzene rings is 1. The Labute approximate surface area is 112 Å². The van der Waals surface area contributed by atoms with Gasteiger partial charge in [-0.3, -0.25) is 0 Å². The van der Waals surface area contributed by atoms with E-state index in [2.05, 4.69) is 22.6 Å². The van der Waals surface area contributed by atoms with Crippen molar-refractivity contribution in [2.45, 2.75) is 26.4 Å². The quantitative estimate of drug-likeness (QED) is 0.869. The van der Waals surface area contributed by atoms with Gasteiger partial charge < -0.3 is 10.1 Å². The van der Waals surface area contributed by atoms with Gasteiger partial charge in [-0.1, -0.05) is 18.2 Å². The first kappa shape index (κ1) is 13.1. The minimum atomic E-state index is 0.298. The van der Waals surface area contributed by atoms with Gasteiger partial charge in [0.2, 0.25) is 0 Å². The van der Waals surface area contributed by atoms with Crippen molar-refractivity contribution in [2.24, 2.45) is 0 Å². The molecule has 1 aromatic heterocycles. The molecule has 1 aromatic carbocycles. The molecule has 0 aliphatic rings. The van der Waals surface area contributed by atoms with E-state index >= 15 is 0 Å². The summed E-state index contributed by atoms with van der Waals surface area (Å²) in [5, 5.41) is 6.60. The monoisotopic (exact) mass is 262 g/mol. The molecule has 1 unspecified atom stereocenters. The maximum Gasteiger partial charge on any atom is 0.119 e. The highest BCUT2D eigenvalue weighted by atomic mass is 32.1. The van der Waals surface area contributed by atoms with Gasteiger partial charge in [-0.2, -0.15) is 0 Å². The third-order valence-corrected chi connectivity index (χ3v) is 3.36. The Morgan fingerprint density at radius 3 is 2.78 bits per heavy atom. The van der Waals surface area contributed by atoms with Crippen LogP contribution in [0, 0.1) is 6.92 Å². The van der Waals surface area contributed by atoms with Crippen LogP contribution in [-0.4, -0.2) is 17.6 Å². The van der Waals surface area contributed by atoms with Crippen molar-refractivity contribution in [3.8, 4) is 5.75 Å². The highest BCUT2D eigenvalue weighted by Gasteiger charge is 2.04. The summed E-state index contributed by atoms with van der Waals surface area (Å²) < 4.78 is 5.68. The van der Waals surface area contributed by atoms with Crippen LogP contribution in [0.5, 0.6) is 5.75 Å². The third-order valence-electron chi connectivity index (χ3n) is 2.54. The summed E-state index contributed by atoms with van der Waals surface area (Å²) in [7, 11) is 0. The molecule has 0 amide bonds. The summed E-state index contributed by atoms with van der Waals surface area (Å²) in [5.74, 6) is 0.913. The predicted molar refractivity (Wildman–Crippen MR) is 75.1 cm³/mol. The summed E-state index contributed by atoms with van der Waals surface area (Å²) in [4.78, 5) is 4.42. The number of hydrogen-bond acceptors (Lipinski definition) is 4. The maximum absolute atomic E-state index is 5.68. The van der Waals surface area contributed by atoms with E-state index in [9.17, 15) is 0 Å². The van der Waals surface area contributed by atoms with Crippen molar-refractivity contribution < 1.29 is 4.74 Å². The minimum Gasteiger partial charge on any atom is -0.492 e. The van der Waals surface area contributed by atoms with Gasteiger partial charge in [-0.05, 0) is 26.0 Å². The van der Waals surface area contributed by atoms with Crippen LogP contribution in [0.4, 0.5) is 0 Å². The van der Waals surface area contributed by atoms with Crippen LogP contribution >= 0.6 is 11.3 Å². The van der Waals surface area contributed by atoms with E-state index in [1.54, 1.807) is 11.3 Å². The second-order valence-corrected chi connectivity index (χ2v) is 5.33. The average Bonchev–Trinajstić information content (AvgIpc) is 2.81. The molecule has 0 spiro atoms. The Kier molecular flexibility index (Phi) is 4.73. The number of ether oxygens (including phenoxy) is 1. The number of aryl methyl sites for hydroxylation is 1. The zero-order valence-corrected chi connectivity index (χ0v) is 11.5. The van der Waals surface area contributed by atoms with E-state index in [4.69, 9.17) is 4.74 Å². The molecule has 4 heteroatoms. The summed E-state index contributed by atoms with van der Waals surface area (Å²) in [6.45, 7) is 5.59. The summed E-state index contributed by atoms with van der Waals surface area (Å²) in [6.07, 6.45) is 0. The van der Waals surface area contributed by atoms with E-state index in [0.29, 0.717) is 12.6 Å². The molecule has 1 heterocycles. The molecule has 0 saturated heterocycles. The second-order valence-electron chi connectivity index (χ2n) is 4.26. The lowest BCUT2D eigenvalue weighted by molar-refractivity contribution is 0.272. The van der Waals surface area contributed by atoms with Gasteiger partial charge in [0, 0.05) is 18.0 Å². The first-order chi connectivity index (χ1) is 8.74. The molecular weight excluding hydrogens is 244 g/mol. The van der Waals surface area contributed by atoms with Crippen molar-refractivity contribution in [3.05, 3.63) is 46.4 Å². The van der Waals surface area contributed by atoms with E-state index in [1.165, 1.54) is 0 Å². The molecule has 1 N–H and O–H groups in total. The Morgan fingerprint density at radius 1 is 1.33 bits per heavy atom. The van der Waals surface area contributed by atoms with Crippen molar-refractivity contribution in [1.29, 1.82) is 0 Å². The Balaban J connectivity index is 1.71. The number of nitrogens with zero attached hydrogens (tertiary/aromatic N) is 1. The van der Waals surface area contributed by atoms with E-state index in [1.807, 2.05) is 37.3 Å². The van der Waals surface area contributed by atoms with Crippen LogP contribution in [-0.2, 0) is 6.54 Å². The molecule has 1 atom stereocenters. The number of aromatic nitrogens is 1. The van der Waals surface area contributed by atoms with Crippen molar-refractivity contribution in [2.75, 3.05) is 6.61 Å². The fourth-order valence-corrected chi connectivity index (χ4v) is 2.18. The molecule has 3 nitrogen and oxygen atoms in total. The molecule has 0 aliphatic heterocycles. The fraction of sp³-hybridized carbons (Fsp3) is 0.357. The fourth-order valence-electron chi connectivity index (χ4n) is 1.57. The van der Waals surface area contributed by atoms with Crippen LogP contribution in [0.15, 0.2) is 35.7 Å². The summed E-state index contributed by atoms with van der Waals surface area (Å²) >= 11 is 1.68. The van der Waals surface area contributed by atoms with Crippen molar-refractivity contribution in [1.82, 2.24) is 10.3 Å². The Morgan fingerprint density at radius 2 is 2.11 bits per heavy atom. The van der Waals surface area contributed by atoms with Gasteiger partial charge in [-0.15, -0.1) is 11.3 Å². The van der Waals surface area contributed by atoms with Crippen LogP contribution in [0.25, 0.3) is 0 Å². The number of hydrogen-bond donors (Lipinski definition) is 1. The van der Waals surface area contributed by atoms with E-state index in [0.717, 1.165) is 23.0 Å². The van der Waals surface area contributed by atoms with Gasteiger partial charge in [0.15, 0.2) is 0 Å². The topological polar surface area (TPSA) is 34.2 Å². The zero-order chi connectivity index (χ0) is 12.8. The molecule has 0 saturated carbocycles. The predicted octanol–water partition coefficient (Wildman–Crippen LogP) is 3.01. The SMILES string of the molecule is Cc1nc(CNC(C)COc2ccccc2)cs1. The molecule has 2 rings (SSSR count). The van der Waals surface area contributed by atoms with Gasteiger partial charge in [0.25, 0.3) is 0 Å². The highest BCUT2D eigenvalue weighted by Crippen LogP contribution is 2.09. The van der Waals surface area contributed by atoms with Crippen LogP contribution < -0.4 is 10.1 Å².